The van der Waals surface area contributed by atoms with Crippen molar-refractivity contribution in [2.24, 2.45) is 5.92 Å². The molecule has 0 heterocycles. The molecule has 4 heteroatoms. The summed E-state index contributed by atoms with van der Waals surface area (Å²) in [6.07, 6.45) is 6.98. The highest BCUT2D eigenvalue weighted by Crippen LogP contribution is 2.32. The van der Waals surface area contributed by atoms with Crippen LogP contribution in [0.1, 0.15) is 59.3 Å². The number of carbonyl (C=O) groups is 1. The van der Waals surface area contributed by atoms with Gasteiger partial charge in [0.2, 0.25) is 0 Å². The van der Waals surface area contributed by atoms with Gasteiger partial charge in [-0.3, -0.25) is 4.79 Å². The van der Waals surface area contributed by atoms with Crippen molar-refractivity contribution in [2.75, 3.05) is 12.3 Å². The Labute approximate surface area is 121 Å². The van der Waals surface area contributed by atoms with Crippen molar-refractivity contribution in [2.45, 2.75) is 70.1 Å². The van der Waals surface area contributed by atoms with Crippen LogP contribution in [0.5, 0.6) is 0 Å². The van der Waals surface area contributed by atoms with Gasteiger partial charge in [0.15, 0.2) is 0 Å². The van der Waals surface area contributed by atoms with Crippen LogP contribution in [0, 0.1) is 5.92 Å². The minimum Gasteiger partial charge on any atom is -0.480 e. The van der Waals surface area contributed by atoms with E-state index in [1.165, 1.54) is 25.7 Å². The van der Waals surface area contributed by atoms with Crippen LogP contribution in [-0.4, -0.2) is 34.2 Å². The third kappa shape index (κ3) is 5.74. The molecule has 1 fully saturated rings. The number of carboxylic acid groups (broad SMARTS) is 1. The highest BCUT2D eigenvalue weighted by molar-refractivity contribution is 7.99. The van der Waals surface area contributed by atoms with E-state index in [2.05, 4.69) is 19.2 Å². The minimum atomic E-state index is -0.761. The first-order valence-electron chi connectivity index (χ1n) is 7.58. The number of thioether (sulfide) groups is 1. The second-order valence-electron chi connectivity index (χ2n) is 6.08. The molecule has 0 spiro atoms. The van der Waals surface area contributed by atoms with E-state index in [9.17, 15) is 9.90 Å². The predicted octanol–water partition coefficient (Wildman–Crippen LogP) is 3.53. The molecule has 3 nitrogen and oxygen atoms in total. The highest BCUT2D eigenvalue weighted by Gasteiger charge is 2.32. The lowest BCUT2D eigenvalue weighted by Gasteiger charge is -2.29. The number of hydrogen-bond acceptors (Lipinski definition) is 3. The van der Waals surface area contributed by atoms with E-state index in [0.717, 1.165) is 29.9 Å². The van der Waals surface area contributed by atoms with Crippen LogP contribution in [-0.2, 0) is 4.79 Å². The molecule has 3 atom stereocenters. The molecule has 3 unspecified atom stereocenters. The number of carboxylic acids is 1. The molecule has 0 aromatic carbocycles. The van der Waals surface area contributed by atoms with Crippen molar-refractivity contribution >= 4 is 17.7 Å². The summed E-state index contributed by atoms with van der Waals surface area (Å²) in [5, 5.41) is 13.3. The Hall–Kier alpha value is -0.220. The summed E-state index contributed by atoms with van der Waals surface area (Å²) in [6.45, 7) is 6.98. The van der Waals surface area contributed by atoms with Gasteiger partial charge in [0, 0.05) is 5.25 Å². The standard InChI is InChI=1S/C15H29NO2S/c1-4-9-16-15(3,14(17)18)8-10-19-13-7-5-6-12(2)11-13/h12-13,16H,4-11H2,1-3H3,(H,17,18). The van der Waals surface area contributed by atoms with Gasteiger partial charge in [0.25, 0.3) is 0 Å². The van der Waals surface area contributed by atoms with Gasteiger partial charge < -0.3 is 10.4 Å². The lowest BCUT2D eigenvalue weighted by Crippen LogP contribution is -2.50. The lowest BCUT2D eigenvalue weighted by atomic mass is 9.91. The Bertz CT molecular complexity index is 285. The van der Waals surface area contributed by atoms with Gasteiger partial charge in [-0.05, 0) is 50.8 Å². The molecule has 1 rings (SSSR count). The van der Waals surface area contributed by atoms with Crippen LogP contribution in [0.25, 0.3) is 0 Å². The number of hydrogen-bond donors (Lipinski definition) is 2. The normalized spacial score (nSPS) is 26.9. The quantitative estimate of drug-likeness (QED) is 0.717. The minimum absolute atomic E-state index is 0.706. The molecule has 112 valence electrons. The van der Waals surface area contributed by atoms with Crippen molar-refractivity contribution in [1.29, 1.82) is 0 Å². The van der Waals surface area contributed by atoms with Crippen LogP contribution in [0.15, 0.2) is 0 Å². The zero-order valence-electron chi connectivity index (χ0n) is 12.6. The van der Waals surface area contributed by atoms with Crippen molar-refractivity contribution in [3.8, 4) is 0 Å². The molecule has 0 amide bonds. The van der Waals surface area contributed by atoms with E-state index in [1.54, 1.807) is 0 Å². The van der Waals surface area contributed by atoms with E-state index in [1.807, 2.05) is 18.7 Å². The van der Waals surface area contributed by atoms with Gasteiger partial charge in [0.05, 0.1) is 0 Å². The zero-order valence-corrected chi connectivity index (χ0v) is 13.4. The number of rotatable bonds is 8. The fourth-order valence-electron chi connectivity index (χ4n) is 2.63. The largest absolute Gasteiger partial charge is 0.480 e. The Kier molecular flexibility index (Phi) is 7.22. The Morgan fingerprint density at radius 2 is 2.21 bits per heavy atom. The molecular weight excluding hydrogens is 258 g/mol. The van der Waals surface area contributed by atoms with Crippen molar-refractivity contribution in [3.63, 3.8) is 0 Å². The van der Waals surface area contributed by atoms with Gasteiger partial charge >= 0.3 is 5.97 Å². The third-order valence-electron chi connectivity index (χ3n) is 4.08. The second kappa shape index (κ2) is 8.15. The average molecular weight is 287 g/mol. The van der Waals surface area contributed by atoms with E-state index in [4.69, 9.17) is 0 Å². The Balaban J connectivity index is 2.33. The summed E-state index contributed by atoms with van der Waals surface area (Å²) in [5.74, 6) is 1.06. The Morgan fingerprint density at radius 1 is 1.47 bits per heavy atom. The maximum atomic E-state index is 11.4. The van der Waals surface area contributed by atoms with Crippen LogP contribution in [0.2, 0.25) is 0 Å². The topological polar surface area (TPSA) is 49.3 Å². The summed E-state index contributed by atoms with van der Waals surface area (Å²) in [5.41, 5.74) is -0.761. The molecule has 0 bridgehead atoms. The monoisotopic (exact) mass is 287 g/mol. The first-order valence-corrected chi connectivity index (χ1v) is 8.63. The lowest BCUT2D eigenvalue weighted by molar-refractivity contribution is -0.144. The second-order valence-corrected chi connectivity index (χ2v) is 7.49. The summed E-state index contributed by atoms with van der Waals surface area (Å²) >= 11 is 1.98. The summed E-state index contributed by atoms with van der Waals surface area (Å²) < 4.78 is 0. The van der Waals surface area contributed by atoms with Crippen molar-refractivity contribution in [1.82, 2.24) is 5.32 Å². The van der Waals surface area contributed by atoms with Crippen LogP contribution < -0.4 is 5.32 Å². The first kappa shape index (κ1) is 16.8. The van der Waals surface area contributed by atoms with E-state index in [-0.39, 0.29) is 0 Å². The van der Waals surface area contributed by atoms with Gasteiger partial charge in [-0.25, -0.2) is 0 Å². The van der Waals surface area contributed by atoms with E-state index >= 15 is 0 Å². The smallest absolute Gasteiger partial charge is 0.323 e. The van der Waals surface area contributed by atoms with E-state index in [0.29, 0.717) is 6.42 Å². The fourth-order valence-corrected chi connectivity index (χ4v) is 4.29. The average Bonchev–Trinajstić information content (AvgIpc) is 2.36. The summed E-state index contributed by atoms with van der Waals surface area (Å²) in [7, 11) is 0. The van der Waals surface area contributed by atoms with Gasteiger partial charge in [-0.1, -0.05) is 26.7 Å². The Morgan fingerprint density at radius 3 is 2.79 bits per heavy atom. The predicted molar refractivity (Wildman–Crippen MR) is 82.8 cm³/mol. The van der Waals surface area contributed by atoms with Crippen LogP contribution >= 0.6 is 11.8 Å². The molecule has 0 aliphatic heterocycles. The summed E-state index contributed by atoms with van der Waals surface area (Å²) in [4.78, 5) is 11.4. The van der Waals surface area contributed by atoms with Crippen LogP contribution in [0.4, 0.5) is 0 Å². The SMILES string of the molecule is CCCNC(C)(CCSC1CCCC(C)C1)C(=O)O. The summed E-state index contributed by atoms with van der Waals surface area (Å²) in [6, 6.07) is 0. The maximum absolute atomic E-state index is 11.4. The molecule has 1 aliphatic rings. The fraction of sp³-hybridized carbons (Fsp3) is 0.933. The number of nitrogens with one attached hydrogen (secondary N) is 1. The highest BCUT2D eigenvalue weighted by atomic mass is 32.2. The van der Waals surface area contributed by atoms with Gasteiger partial charge in [-0.15, -0.1) is 0 Å². The molecule has 1 aliphatic carbocycles. The van der Waals surface area contributed by atoms with Crippen molar-refractivity contribution < 1.29 is 9.90 Å². The molecular formula is C15H29NO2S. The molecule has 0 aromatic rings. The van der Waals surface area contributed by atoms with Crippen molar-refractivity contribution in [3.05, 3.63) is 0 Å². The van der Waals surface area contributed by atoms with Crippen LogP contribution in [0.3, 0.4) is 0 Å². The number of aliphatic carboxylic acids is 1. The first-order chi connectivity index (χ1) is 8.98. The molecule has 1 saturated carbocycles. The molecule has 0 saturated heterocycles. The van der Waals surface area contributed by atoms with E-state index < -0.39 is 11.5 Å². The molecule has 2 N–H and O–H groups in total. The third-order valence-corrected chi connectivity index (χ3v) is 5.42. The van der Waals surface area contributed by atoms with Gasteiger partial charge in [-0.2, -0.15) is 11.8 Å². The molecule has 0 radical (unpaired) electrons. The molecule has 19 heavy (non-hydrogen) atoms. The molecule has 0 aromatic heterocycles. The van der Waals surface area contributed by atoms with Gasteiger partial charge in [0.1, 0.15) is 5.54 Å². The zero-order chi connectivity index (χ0) is 14.3. The maximum Gasteiger partial charge on any atom is 0.323 e.